The fourth-order valence-electron chi connectivity index (χ4n) is 2.35. The van der Waals surface area contributed by atoms with Crippen LogP contribution in [0.15, 0.2) is 0 Å². The van der Waals surface area contributed by atoms with Crippen molar-refractivity contribution in [2.75, 3.05) is 32.5 Å². The Morgan fingerprint density at radius 2 is 2.21 bits per heavy atom. The van der Waals surface area contributed by atoms with Gasteiger partial charge in [0.05, 0.1) is 13.2 Å². The number of hydrogen-bond donors (Lipinski definition) is 2. The van der Waals surface area contributed by atoms with Crippen LogP contribution in [0, 0.1) is 18.3 Å². The van der Waals surface area contributed by atoms with Gasteiger partial charge in [0, 0.05) is 17.2 Å². The van der Waals surface area contributed by atoms with Crippen LogP contribution in [0.1, 0.15) is 19.8 Å². The van der Waals surface area contributed by atoms with Crippen molar-refractivity contribution in [3.8, 4) is 12.3 Å². The molecule has 2 unspecified atom stereocenters. The minimum Gasteiger partial charge on any atom is -0.395 e. The van der Waals surface area contributed by atoms with Gasteiger partial charge in [0.2, 0.25) is 5.91 Å². The van der Waals surface area contributed by atoms with Crippen molar-refractivity contribution in [3.05, 3.63) is 0 Å². The highest BCUT2D eigenvalue weighted by atomic mass is 32.2. The fourth-order valence-corrected chi connectivity index (χ4v) is 2.98. The topological polar surface area (TPSA) is 52.6 Å². The van der Waals surface area contributed by atoms with Crippen molar-refractivity contribution >= 4 is 17.7 Å². The first-order valence-corrected chi connectivity index (χ1v) is 8.01. The Kier molecular flexibility index (Phi) is 7.29. The van der Waals surface area contributed by atoms with Crippen LogP contribution in [0.2, 0.25) is 0 Å². The minimum absolute atomic E-state index is 0.00348. The number of amides is 1. The van der Waals surface area contributed by atoms with E-state index < -0.39 is 0 Å². The van der Waals surface area contributed by atoms with Crippen LogP contribution in [-0.2, 0) is 4.79 Å². The van der Waals surface area contributed by atoms with Gasteiger partial charge in [-0.1, -0.05) is 5.92 Å². The van der Waals surface area contributed by atoms with E-state index in [-0.39, 0.29) is 29.7 Å². The highest BCUT2D eigenvalue weighted by Gasteiger charge is 2.26. The first kappa shape index (κ1) is 16.4. The third kappa shape index (κ3) is 5.06. The summed E-state index contributed by atoms with van der Waals surface area (Å²) in [5.74, 6) is 2.83. The molecule has 2 N–H and O–H groups in total. The van der Waals surface area contributed by atoms with Gasteiger partial charge in [0.25, 0.3) is 0 Å². The van der Waals surface area contributed by atoms with Crippen molar-refractivity contribution in [2.45, 2.75) is 31.1 Å². The molecule has 1 heterocycles. The van der Waals surface area contributed by atoms with E-state index in [2.05, 4.69) is 16.1 Å². The van der Waals surface area contributed by atoms with E-state index in [1.165, 1.54) is 0 Å². The molecule has 0 spiro atoms. The molecular weight excluding hydrogens is 260 g/mol. The molecule has 0 radical (unpaired) electrons. The number of hydrogen-bond acceptors (Lipinski definition) is 4. The van der Waals surface area contributed by atoms with Crippen LogP contribution in [-0.4, -0.2) is 59.7 Å². The van der Waals surface area contributed by atoms with Crippen LogP contribution in [0.3, 0.4) is 0 Å². The van der Waals surface area contributed by atoms with Crippen LogP contribution in [0.5, 0.6) is 0 Å². The third-order valence-electron chi connectivity index (χ3n) is 3.68. The van der Waals surface area contributed by atoms with Crippen LogP contribution >= 0.6 is 11.8 Å². The quantitative estimate of drug-likeness (QED) is 0.700. The number of aliphatic hydroxyl groups is 1. The van der Waals surface area contributed by atoms with Crippen molar-refractivity contribution in [1.82, 2.24) is 10.2 Å². The summed E-state index contributed by atoms with van der Waals surface area (Å²) < 4.78 is 0. The Bertz CT molecular complexity index is 318. The summed E-state index contributed by atoms with van der Waals surface area (Å²) >= 11 is 1.58. The molecule has 5 heteroatoms. The molecule has 0 saturated carbocycles. The number of carbonyl (C=O) groups excluding carboxylic acids is 1. The first-order valence-electron chi connectivity index (χ1n) is 6.72. The average Bonchev–Trinajstić information content (AvgIpc) is 2.41. The molecule has 1 amide bonds. The van der Waals surface area contributed by atoms with Crippen molar-refractivity contribution in [1.29, 1.82) is 0 Å². The molecule has 1 aliphatic rings. The van der Waals surface area contributed by atoms with Gasteiger partial charge in [0.15, 0.2) is 0 Å². The Labute approximate surface area is 120 Å². The SMILES string of the molecule is C#CCN1CCC(C(=O)NC(C)C(CO)SC)CC1. The summed E-state index contributed by atoms with van der Waals surface area (Å²) in [5, 5.41) is 12.3. The first-order chi connectivity index (χ1) is 9.12. The number of nitrogens with zero attached hydrogens (tertiary/aromatic N) is 1. The summed E-state index contributed by atoms with van der Waals surface area (Å²) in [6.45, 7) is 4.49. The Hall–Kier alpha value is -0.700. The zero-order chi connectivity index (χ0) is 14.3. The maximum Gasteiger partial charge on any atom is 0.223 e. The largest absolute Gasteiger partial charge is 0.395 e. The van der Waals surface area contributed by atoms with Gasteiger partial charge in [0.1, 0.15) is 0 Å². The number of terminal acetylenes is 1. The summed E-state index contributed by atoms with van der Waals surface area (Å²) in [4.78, 5) is 14.3. The summed E-state index contributed by atoms with van der Waals surface area (Å²) in [7, 11) is 0. The van der Waals surface area contributed by atoms with E-state index in [0.717, 1.165) is 25.9 Å². The molecule has 108 valence electrons. The van der Waals surface area contributed by atoms with Gasteiger partial charge >= 0.3 is 0 Å². The van der Waals surface area contributed by atoms with Crippen molar-refractivity contribution in [3.63, 3.8) is 0 Å². The molecule has 0 aliphatic carbocycles. The normalized spacial score (nSPS) is 20.5. The van der Waals surface area contributed by atoms with E-state index in [1.54, 1.807) is 11.8 Å². The molecule has 1 rings (SSSR count). The van der Waals surface area contributed by atoms with E-state index in [9.17, 15) is 9.90 Å². The summed E-state index contributed by atoms with van der Waals surface area (Å²) in [5.41, 5.74) is 0. The van der Waals surface area contributed by atoms with Crippen molar-refractivity contribution < 1.29 is 9.90 Å². The zero-order valence-electron chi connectivity index (χ0n) is 11.8. The highest BCUT2D eigenvalue weighted by molar-refractivity contribution is 7.99. The monoisotopic (exact) mass is 284 g/mol. The molecule has 0 aromatic heterocycles. The van der Waals surface area contributed by atoms with E-state index in [1.807, 2.05) is 13.2 Å². The van der Waals surface area contributed by atoms with Gasteiger partial charge < -0.3 is 10.4 Å². The van der Waals surface area contributed by atoms with E-state index >= 15 is 0 Å². The van der Waals surface area contributed by atoms with Gasteiger partial charge in [-0.25, -0.2) is 0 Å². The lowest BCUT2D eigenvalue weighted by Gasteiger charge is -2.31. The number of likely N-dealkylation sites (tertiary alicyclic amines) is 1. The maximum atomic E-state index is 12.1. The number of nitrogens with one attached hydrogen (secondary N) is 1. The van der Waals surface area contributed by atoms with Gasteiger partial charge in [-0.15, -0.1) is 6.42 Å². The van der Waals surface area contributed by atoms with Crippen molar-refractivity contribution in [2.24, 2.45) is 5.92 Å². The summed E-state index contributed by atoms with van der Waals surface area (Å²) in [6, 6.07) is -0.00348. The number of piperidine rings is 1. The second-order valence-corrected chi connectivity index (χ2v) is 6.09. The molecule has 2 atom stereocenters. The van der Waals surface area contributed by atoms with Crippen LogP contribution in [0.25, 0.3) is 0 Å². The summed E-state index contributed by atoms with van der Waals surface area (Å²) in [6.07, 6.45) is 8.96. The molecule has 1 fully saturated rings. The lowest BCUT2D eigenvalue weighted by molar-refractivity contribution is -0.127. The van der Waals surface area contributed by atoms with Gasteiger partial charge in [-0.05, 0) is 39.1 Å². The molecule has 1 aliphatic heterocycles. The van der Waals surface area contributed by atoms with Gasteiger partial charge in [-0.2, -0.15) is 11.8 Å². The predicted octanol–water partition coefficient (Wildman–Crippen LogP) is 0.560. The van der Waals surface area contributed by atoms with Gasteiger partial charge in [-0.3, -0.25) is 9.69 Å². The Morgan fingerprint density at radius 3 is 2.68 bits per heavy atom. The Morgan fingerprint density at radius 1 is 1.58 bits per heavy atom. The molecular formula is C14H24N2O2S. The van der Waals surface area contributed by atoms with Crippen LogP contribution < -0.4 is 5.32 Å². The lowest BCUT2D eigenvalue weighted by atomic mass is 9.95. The average molecular weight is 284 g/mol. The lowest BCUT2D eigenvalue weighted by Crippen LogP contribution is -2.46. The van der Waals surface area contributed by atoms with E-state index in [0.29, 0.717) is 6.54 Å². The highest BCUT2D eigenvalue weighted by Crippen LogP contribution is 2.18. The maximum absolute atomic E-state index is 12.1. The molecule has 0 aromatic carbocycles. The van der Waals surface area contributed by atoms with Crippen LogP contribution in [0.4, 0.5) is 0 Å². The Balaban J connectivity index is 2.37. The number of carbonyl (C=O) groups is 1. The zero-order valence-corrected chi connectivity index (χ0v) is 12.6. The standard InChI is InChI=1S/C14H24N2O2S/c1-4-7-16-8-5-12(6-9-16)14(18)15-11(2)13(10-17)19-3/h1,11-13,17H,5-10H2,2-3H3,(H,15,18). The molecule has 1 saturated heterocycles. The second kappa shape index (κ2) is 8.47. The van der Waals surface area contributed by atoms with E-state index in [4.69, 9.17) is 6.42 Å². The number of thioether (sulfide) groups is 1. The molecule has 19 heavy (non-hydrogen) atoms. The smallest absolute Gasteiger partial charge is 0.223 e. The molecule has 0 aromatic rings. The number of aliphatic hydroxyl groups excluding tert-OH is 1. The minimum atomic E-state index is -0.00348. The predicted molar refractivity (Wildman–Crippen MR) is 80.0 cm³/mol. The third-order valence-corrected chi connectivity index (χ3v) is 4.85. The number of rotatable bonds is 6. The molecule has 4 nitrogen and oxygen atoms in total. The fraction of sp³-hybridized carbons (Fsp3) is 0.786. The molecule has 0 bridgehead atoms. The second-order valence-electron chi connectivity index (χ2n) is 5.01.